The number of piperazine rings is 1. The lowest BCUT2D eigenvalue weighted by Crippen LogP contribution is -2.49. The first-order chi connectivity index (χ1) is 6.77. The molecule has 14 heavy (non-hydrogen) atoms. The summed E-state index contributed by atoms with van der Waals surface area (Å²) in [7, 11) is 0. The molecule has 0 aliphatic carbocycles. The van der Waals surface area contributed by atoms with Crippen LogP contribution < -0.4 is 10.2 Å². The van der Waals surface area contributed by atoms with Crippen LogP contribution in [0, 0.1) is 3.70 Å². The minimum atomic E-state index is 0.561. The zero-order valence-corrected chi connectivity index (χ0v) is 10.4. The van der Waals surface area contributed by atoms with Gasteiger partial charge in [0.2, 0.25) is 0 Å². The van der Waals surface area contributed by atoms with Crippen molar-refractivity contribution < 1.29 is 0 Å². The van der Waals surface area contributed by atoms with Crippen LogP contribution in [0.25, 0.3) is 0 Å². The molecule has 0 saturated carbocycles. The predicted molar refractivity (Wildman–Crippen MR) is 66.6 cm³/mol. The number of nitrogens with one attached hydrogen (secondary N) is 1. The van der Waals surface area contributed by atoms with Gasteiger partial charge < -0.3 is 10.2 Å². The van der Waals surface area contributed by atoms with Crippen molar-refractivity contribution in [2.75, 3.05) is 24.5 Å². The van der Waals surface area contributed by atoms with Crippen LogP contribution in [0.4, 0.5) is 5.69 Å². The van der Waals surface area contributed by atoms with Crippen LogP contribution in [0.3, 0.4) is 0 Å². The van der Waals surface area contributed by atoms with Crippen LogP contribution in [0.5, 0.6) is 0 Å². The van der Waals surface area contributed by atoms with Gasteiger partial charge in [0, 0.05) is 25.7 Å². The largest absolute Gasteiger partial charge is 0.365 e. The Morgan fingerprint density at radius 3 is 3.07 bits per heavy atom. The molecule has 1 N–H and O–H groups in total. The Labute approximate surface area is 98.0 Å². The first-order valence-corrected chi connectivity index (χ1v) is 5.94. The fourth-order valence-electron chi connectivity index (χ4n) is 1.76. The van der Waals surface area contributed by atoms with Gasteiger partial charge in [-0.2, -0.15) is 0 Å². The molecule has 1 aliphatic rings. The maximum atomic E-state index is 4.31. The van der Waals surface area contributed by atoms with Gasteiger partial charge in [-0.05, 0) is 41.6 Å². The van der Waals surface area contributed by atoms with E-state index in [2.05, 4.69) is 56.8 Å². The second-order valence-corrected chi connectivity index (χ2v) is 4.69. The molecule has 0 amide bonds. The lowest BCUT2D eigenvalue weighted by molar-refractivity contribution is 0.500. The van der Waals surface area contributed by atoms with E-state index in [0.29, 0.717) is 6.04 Å². The van der Waals surface area contributed by atoms with Crippen molar-refractivity contribution in [1.29, 1.82) is 0 Å². The molecule has 1 aliphatic heterocycles. The maximum absolute atomic E-state index is 4.31. The number of nitrogens with zero attached hydrogens (tertiary/aromatic N) is 2. The highest BCUT2D eigenvalue weighted by molar-refractivity contribution is 14.1. The van der Waals surface area contributed by atoms with E-state index in [1.165, 1.54) is 5.69 Å². The van der Waals surface area contributed by atoms with Crippen molar-refractivity contribution in [3.63, 3.8) is 0 Å². The fourth-order valence-corrected chi connectivity index (χ4v) is 2.08. The molecule has 1 atom stereocenters. The summed E-state index contributed by atoms with van der Waals surface area (Å²) in [5.74, 6) is 0. The number of anilines is 1. The monoisotopic (exact) mass is 303 g/mol. The zero-order valence-electron chi connectivity index (χ0n) is 8.20. The Balaban J connectivity index is 2.16. The second-order valence-electron chi connectivity index (χ2n) is 3.59. The van der Waals surface area contributed by atoms with Gasteiger partial charge in [0.15, 0.2) is 0 Å². The van der Waals surface area contributed by atoms with Gasteiger partial charge in [0.05, 0.1) is 11.9 Å². The molecular weight excluding hydrogens is 289 g/mol. The highest BCUT2D eigenvalue weighted by atomic mass is 127. The number of hydrogen-bond acceptors (Lipinski definition) is 3. The summed E-state index contributed by atoms with van der Waals surface area (Å²) in [4.78, 5) is 6.72. The van der Waals surface area contributed by atoms with E-state index >= 15 is 0 Å². The number of hydrogen-bond donors (Lipinski definition) is 1. The Morgan fingerprint density at radius 1 is 1.57 bits per heavy atom. The molecule has 76 valence electrons. The number of pyridine rings is 1. The molecule has 0 spiro atoms. The normalized spacial score (nSPS) is 22.4. The molecule has 2 heterocycles. The minimum absolute atomic E-state index is 0.561. The van der Waals surface area contributed by atoms with Crippen LogP contribution in [0.15, 0.2) is 18.3 Å². The Morgan fingerprint density at radius 2 is 2.43 bits per heavy atom. The van der Waals surface area contributed by atoms with Gasteiger partial charge in [-0.25, -0.2) is 4.98 Å². The second kappa shape index (κ2) is 4.44. The maximum Gasteiger partial charge on any atom is 0.101 e. The summed E-state index contributed by atoms with van der Waals surface area (Å²) >= 11 is 2.23. The van der Waals surface area contributed by atoms with Crippen LogP contribution in [0.1, 0.15) is 6.92 Å². The quantitative estimate of drug-likeness (QED) is 0.629. The predicted octanol–water partition coefficient (Wildman–Crippen LogP) is 1.48. The smallest absolute Gasteiger partial charge is 0.101 e. The van der Waals surface area contributed by atoms with E-state index in [4.69, 9.17) is 0 Å². The van der Waals surface area contributed by atoms with Crippen molar-refractivity contribution in [3.05, 3.63) is 22.0 Å². The Hall–Kier alpha value is -0.360. The third-order valence-corrected chi connectivity index (χ3v) is 3.18. The lowest BCUT2D eigenvalue weighted by atomic mass is 10.2. The summed E-state index contributed by atoms with van der Waals surface area (Å²) in [6, 6.07) is 4.77. The van der Waals surface area contributed by atoms with E-state index in [-0.39, 0.29) is 0 Å². The average Bonchev–Trinajstić information content (AvgIpc) is 2.20. The molecule has 0 bridgehead atoms. The van der Waals surface area contributed by atoms with Crippen molar-refractivity contribution in [1.82, 2.24) is 10.3 Å². The molecule has 0 radical (unpaired) electrons. The van der Waals surface area contributed by atoms with Crippen molar-refractivity contribution in [3.8, 4) is 0 Å². The van der Waals surface area contributed by atoms with Gasteiger partial charge in [-0.15, -0.1) is 0 Å². The average molecular weight is 303 g/mol. The highest BCUT2D eigenvalue weighted by Crippen LogP contribution is 2.17. The minimum Gasteiger partial charge on any atom is -0.365 e. The van der Waals surface area contributed by atoms with E-state index < -0.39 is 0 Å². The van der Waals surface area contributed by atoms with Crippen LogP contribution in [-0.4, -0.2) is 30.7 Å². The lowest BCUT2D eigenvalue weighted by Gasteiger charge is -2.35. The zero-order chi connectivity index (χ0) is 9.97. The number of aromatic nitrogens is 1. The molecule has 0 aromatic carbocycles. The summed E-state index contributed by atoms with van der Waals surface area (Å²) in [6.07, 6.45) is 1.96. The first kappa shape index (κ1) is 10.2. The molecular formula is C10H14IN3. The fraction of sp³-hybridized carbons (Fsp3) is 0.500. The topological polar surface area (TPSA) is 28.2 Å². The van der Waals surface area contributed by atoms with Gasteiger partial charge >= 0.3 is 0 Å². The summed E-state index contributed by atoms with van der Waals surface area (Å²) in [5, 5.41) is 3.38. The van der Waals surface area contributed by atoms with E-state index in [1.54, 1.807) is 0 Å². The third-order valence-electron chi connectivity index (χ3n) is 2.54. The summed E-state index contributed by atoms with van der Waals surface area (Å²) < 4.78 is 1.05. The number of rotatable bonds is 1. The van der Waals surface area contributed by atoms with Gasteiger partial charge in [-0.3, -0.25) is 0 Å². The molecule has 1 aromatic rings. The Kier molecular flexibility index (Phi) is 3.22. The molecule has 1 saturated heterocycles. The van der Waals surface area contributed by atoms with Crippen LogP contribution >= 0.6 is 22.6 Å². The Bertz CT molecular complexity index is 299. The van der Waals surface area contributed by atoms with Crippen LogP contribution in [-0.2, 0) is 0 Å². The molecule has 0 unspecified atom stereocenters. The number of halogens is 1. The highest BCUT2D eigenvalue weighted by Gasteiger charge is 2.17. The van der Waals surface area contributed by atoms with Crippen molar-refractivity contribution >= 4 is 28.3 Å². The summed E-state index contributed by atoms with van der Waals surface area (Å²) in [5.41, 5.74) is 1.24. The van der Waals surface area contributed by atoms with Crippen molar-refractivity contribution in [2.45, 2.75) is 13.0 Å². The molecule has 4 heteroatoms. The van der Waals surface area contributed by atoms with Crippen molar-refractivity contribution in [2.24, 2.45) is 0 Å². The van der Waals surface area contributed by atoms with Gasteiger partial charge in [0.1, 0.15) is 3.70 Å². The standard InChI is InChI=1S/C10H14IN3/c1-8-6-12-4-5-14(8)9-2-3-10(11)13-7-9/h2-3,7-8,12H,4-6H2,1H3/t8-/m1/s1. The summed E-state index contributed by atoms with van der Waals surface area (Å²) in [6.45, 7) is 5.44. The van der Waals surface area contributed by atoms with Gasteiger partial charge in [0.25, 0.3) is 0 Å². The molecule has 1 fully saturated rings. The SMILES string of the molecule is C[C@@H]1CNCCN1c1ccc(I)nc1. The third kappa shape index (κ3) is 2.17. The van der Waals surface area contributed by atoms with Crippen LogP contribution in [0.2, 0.25) is 0 Å². The molecule has 3 nitrogen and oxygen atoms in total. The molecule has 1 aromatic heterocycles. The molecule has 2 rings (SSSR count). The first-order valence-electron chi connectivity index (χ1n) is 4.86. The van der Waals surface area contributed by atoms with E-state index in [1.807, 2.05) is 6.20 Å². The van der Waals surface area contributed by atoms with E-state index in [0.717, 1.165) is 23.3 Å². The van der Waals surface area contributed by atoms with Gasteiger partial charge in [-0.1, -0.05) is 0 Å². The van der Waals surface area contributed by atoms with E-state index in [9.17, 15) is 0 Å².